The van der Waals surface area contributed by atoms with E-state index in [1.165, 1.54) is 25.3 Å². The van der Waals surface area contributed by atoms with Gasteiger partial charge in [-0.2, -0.15) is 0 Å². The topological polar surface area (TPSA) is 64.6 Å². The molecule has 0 atom stereocenters. The zero-order valence-electron chi connectivity index (χ0n) is 12.4. The Kier molecular flexibility index (Phi) is 6.31. The van der Waals surface area contributed by atoms with Gasteiger partial charge in [0.05, 0.1) is 28.4 Å². The molecule has 0 fully saturated rings. The monoisotopic (exact) mass is 387 g/mol. The molecule has 0 heterocycles. The molecular weight excluding hydrogens is 377 g/mol. The van der Waals surface area contributed by atoms with E-state index in [2.05, 4.69) is 5.32 Å². The summed E-state index contributed by atoms with van der Waals surface area (Å²) in [5.74, 6) is -0.931. The summed E-state index contributed by atoms with van der Waals surface area (Å²) in [5, 5.41) is 3.25. The van der Waals surface area contributed by atoms with Crippen molar-refractivity contribution < 1.29 is 19.1 Å². The number of ether oxygens (including phenoxy) is 2. The number of esters is 1. The highest BCUT2D eigenvalue weighted by molar-refractivity contribution is 6.39. The number of hydrogen-bond donors (Lipinski definition) is 1. The number of benzene rings is 2. The van der Waals surface area contributed by atoms with Crippen LogP contribution in [0.5, 0.6) is 5.75 Å². The molecule has 0 saturated carbocycles. The largest absolute Gasteiger partial charge is 0.495 e. The third-order valence-corrected chi connectivity index (χ3v) is 3.80. The Labute approximate surface area is 153 Å². The first-order chi connectivity index (χ1) is 11.4. The first-order valence-electron chi connectivity index (χ1n) is 6.67. The van der Waals surface area contributed by atoms with Crippen LogP contribution in [-0.2, 0) is 9.53 Å². The van der Waals surface area contributed by atoms with E-state index in [9.17, 15) is 9.59 Å². The summed E-state index contributed by atoms with van der Waals surface area (Å²) in [5.41, 5.74) is 0.371. The Balaban J connectivity index is 2.01. The van der Waals surface area contributed by atoms with Gasteiger partial charge in [0.2, 0.25) is 0 Å². The molecule has 0 radical (unpaired) electrons. The van der Waals surface area contributed by atoms with E-state index in [1.807, 2.05) is 0 Å². The van der Waals surface area contributed by atoms with E-state index < -0.39 is 18.5 Å². The number of nitrogens with one attached hydrogen (secondary N) is 1. The van der Waals surface area contributed by atoms with E-state index in [-0.39, 0.29) is 15.6 Å². The van der Waals surface area contributed by atoms with Gasteiger partial charge in [-0.3, -0.25) is 4.79 Å². The Hall–Kier alpha value is -1.95. The lowest BCUT2D eigenvalue weighted by molar-refractivity contribution is -0.119. The Morgan fingerprint density at radius 1 is 1.08 bits per heavy atom. The van der Waals surface area contributed by atoms with Crippen molar-refractivity contribution in [2.45, 2.75) is 0 Å². The molecule has 0 saturated heterocycles. The molecular formula is C16H12Cl3NO4. The Bertz CT molecular complexity index is 760. The van der Waals surface area contributed by atoms with Gasteiger partial charge in [-0.25, -0.2) is 4.79 Å². The number of carbonyl (C=O) groups excluding carboxylic acids is 2. The van der Waals surface area contributed by atoms with Crippen LogP contribution in [0.4, 0.5) is 5.69 Å². The normalized spacial score (nSPS) is 10.2. The molecule has 24 heavy (non-hydrogen) atoms. The van der Waals surface area contributed by atoms with Gasteiger partial charge < -0.3 is 14.8 Å². The standard InChI is InChI=1S/C16H12Cl3NO4/c1-23-13-6-5-9(17)7-12(13)20-14(21)8-24-16(22)15-10(18)3-2-4-11(15)19/h2-7H,8H2,1H3,(H,20,21). The van der Waals surface area contributed by atoms with Gasteiger partial charge in [0, 0.05) is 5.02 Å². The number of amides is 1. The molecule has 1 N–H and O–H groups in total. The van der Waals surface area contributed by atoms with Crippen LogP contribution in [-0.4, -0.2) is 25.6 Å². The van der Waals surface area contributed by atoms with Crippen molar-refractivity contribution >= 4 is 52.4 Å². The highest BCUT2D eigenvalue weighted by Gasteiger charge is 2.17. The van der Waals surface area contributed by atoms with Crippen molar-refractivity contribution in [1.82, 2.24) is 0 Å². The summed E-state index contributed by atoms with van der Waals surface area (Å²) in [6, 6.07) is 9.34. The third-order valence-electron chi connectivity index (χ3n) is 2.94. The van der Waals surface area contributed by atoms with Crippen LogP contribution in [0.15, 0.2) is 36.4 Å². The van der Waals surface area contributed by atoms with Gasteiger partial charge >= 0.3 is 5.97 Å². The minimum atomic E-state index is -0.793. The second kappa shape index (κ2) is 8.24. The summed E-state index contributed by atoms with van der Waals surface area (Å²) >= 11 is 17.7. The predicted octanol–water partition coefficient (Wildman–Crippen LogP) is 4.45. The molecule has 8 heteroatoms. The smallest absolute Gasteiger partial charge is 0.341 e. The van der Waals surface area contributed by atoms with Crippen molar-refractivity contribution in [2.75, 3.05) is 19.0 Å². The predicted molar refractivity (Wildman–Crippen MR) is 93.4 cm³/mol. The minimum Gasteiger partial charge on any atom is -0.495 e. The van der Waals surface area contributed by atoms with E-state index in [4.69, 9.17) is 44.3 Å². The lowest BCUT2D eigenvalue weighted by atomic mass is 10.2. The van der Waals surface area contributed by atoms with Gasteiger partial charge in [0.25, 0.3) is 5.91 Å². The zero-order valence-corrected chi connectivity index (χ0v) is 14.7. The van der Waals surface area contributed by atoms with Crippen LogP contribution >= 0.6 is 34.8 Å². The van der Waals surface area contributed by atoms with Gasteiger partial charge in [-0.15, -0.1) is 0 Å². The van der Waals surface area contributed by atoms with E-state index in [0.29, 0.717) is 16.5 Å². The van der Waals surface area contributed by atoms with E-state index >= 15 is 0 Å². The number of halogens is 3. The van der Waals surface area contributed by atoms with E-state index in [1.54, 1.807) is 18.2 Å². The number of methoxy groups -OCH3 is 1. The van der Waals surface area contributed by atoms with Crippen LogP contribution in [0, 0.1) is 0 Å². The summed E-state index contributed by atoms with van der Waals surface area (Å²) in [6.45, 7) is -0.518. The maximum absolute atomic E-state index is 12.0. The lowest BCUT2D eigenvalue weighted by Crippen LogP contribution is -2.21. The highest BCUT2D eigenvalue weighted by atomic mass is 35.5. The van der Waals surface area contributed by atoms with Gasteiger partial charge in [0.15, 0.2) is 6.61 Å². The number of rotatable bonds is 5. The number of carbonyl (C=O) groups is 2. The van der Waals surface area contributed by atoms with Crippen LogP contribution < -0.4 is 10.1 Å². The lowest BCUT2D eigenvalue weighted by Gasteiger charge is -2.11. The Morgan fingerprint density at radius 3 is 2.38 bits per heavy atom. The summed E-state index contributed by atoms with van der Waals surface area (Å²) in [6.07, 6.45) is 0. The maximum atomic E-state index is 12.0. The first-order valence-corrected chi connectivity index (χ1v) is 7.80. The molecule has 0 spiro atoms. The zero-order chi connectivity index (χ0) is 17.7. The SMILES string of the molecule is COc1ccc(Cl)cc1NC(=O)COC(=O)c1c(Cl)cccc1Cl. The molecule has 0 aliphatic carbocycles. The fourth-order valence-electron chi connectivity index (χ4n) is 1.86. The van der Waals surface area contributed by atoms with Crippen LogP contribution in [0.25, 0.3) is 0 Å². The number of anilines is 1. The quantitative estimate of drug-likeness (QED) is 0.769. The molecule has 0 aromatic heterocycles. The van der Waals surface area contributed by atoms with Crippen molar-refractivity contribution in [3.05, 3.63) is 57.0 Å². The molecule has 0 bridgehead atoms. The van der Waals surface area contributed by atoms with Crippen molar-refractivity contribution in [2.24, 2.45) is 0 Å². The average Bonchev–Trinajstić information content (AvgIpc) is 2.53. The summed E-state index contributed by atoms with van der Waals surface area (Å²) < 4.78 is 10.0. The second-order valence-electron chi connectivity index (χ2n) is 4.57. The van der Waals surface area contributed by atoms with Crippen LogP contribution in [0.2, 0.25) is 15.1 Å². The van der Waals surface area contributed by atoms with E-state index in [0.717, 1.165) is 0 Å². The van der Waals surface area contributed by atoms with Gasteiger partial charge in [-0.05, 0) is 30.3 Å². The molecule has 1 amide bonds. The average molecular weight is 389 g/mol. The molecule has 0 aliphatic rings. The van der Waals surface area contributed by atoms with Crippen molar-refractivity contribution in [3.63, 3.8) is 0 Å². The fraction of sp³-hybridized carbons (Fsp3) is 0.125. The molecule has 2 aromatic rings. The molecule has 2 rings (SSSR count). The van der Waals surface area contributed by atoms with Crippen LogP contribution in [0.3, 0.4) is 0 Å². The fourth-order valence-corrected chi connectivity index (χ4v) is 2.58. The maximum Gasteiger partial charge on any atom is 0.341 e. The third kappa shape index (κ3) is 4.54. The summed E-state index contributed by atoms with van der Waals surface area (Å²) in [4.78, 5) is 23.9. The molecule has 0 aliphatic heterocycles. The number of hydrogen-bond acceptors (Lipinski definition) is 4. The highest BCUT2D eigenvalue weighted by Crippen LogP contribution is 2.28. The van der Waals surface area contributed by atoms with Gasteiger partial charge in [0.1, 0.15) is 5.75 Å². The van der Waals surface area contributed by atoms with Crippen LogP contribution in [0.1, 0.15) is 10.4 Å². The summed E-state index contributed by atoms with van der Waals surface area (Å²) in [7, 11) is 1.46. The molecule has 5 nitrogen and oxygen atoms in total. The molecule has 0 unspecified atom stereocenters. The minimum absolute atomic E-state index is 0.00831. The van der Waals surface area contributed by atoms with Crippen molar-refractivity contribution in [1.29, 1.82) is 0 Å². The molecule has 126 valence electrons. The van der Waals surface area contributed by atoms with Crippen molar-refractivity contribution in [3.8, 4) is 5.75 Å². The second-order valence-corrected chi connectivity index (χ2v) is 5.82. The van der Waals surface area contributed by atoms with Gasteiger partial charge in [-0.1, -0.05) is 40.9 Å². The Morgan fingerprint density at radius 2 is 1.75 bits per heavy atom. The first kappa shape index (κ1) is 18.4. The molecule has 2 aromatic carbocycles.